The quantitative estimate of drug-likeness (QED) is 0.376. The molecule has 0 saturated carbocycles. The van der Waals surface area contributed by atoms with Crippen LogP contribution in [0.25, 0.3) is 10.8 Å². The van der Waals surface area contributed by atoms with Crippen LogP contribution in [-0.4, -0.2) is 5.91 Å². The van der Waals surface area contributed by atoms with Gasteiger partial charge in [0.2, 0.25) is 5.91 Å². The van der Waals surface area contributed by atoms with Crippen LogP contribution in [-0.2, 0) is 21.7 Å². The minimum Gasteiger partial charge on any atom is -1.00 e. The first-order valence-electron chi connectivity index (χ1n) is 5.72. The van der Waals surface area contributed by atoms with Gasteiger partial charge in [0.05, 0.1) is 0 Å². The molecule has 0 fully saturated rings. The van der Waals surface area contributed by atoms with E-state index in [-0.39, 0.29) is 52.4 Å². The molecule has 0 aliphatic carbocycles. The fraction of sp³-hybridized carbons (Fsp3) is 0. The Kier molecular flexibility index (Phi) is 12.1. The van der Waals surface area contributed by atoms with Gasteiger partial charge in [0.15, 0.2) is 0 Å². The molecule has 0 aliphatic heterocycles. The zero-order valence-electron chi connectivity index (χ0n) is 11.2. The van der Waals surface area contributed by atoms with Gasteiger partial charge in [-0.15, -0.1) is 29.7 Å². The molecule has 2 nitrogen and oxygen atoms in total. The van der Waals surface area contributed by atoms with Crippen LogP contribution in [0.5, 0.6) is 0 Å². The Labute approximate surface area is 151 Å². The Balaban J connectivity index is 0. The molecule has 3 aromatic carbocycles. The molecule has 0 saturated heterocycles. The number of carbonyl (C=O) groups excluding carboxylic acids is 1. The third kappa shape index (κ3) is 6.88. The number of benzene rings is 2. The summed E-state index contributed by atoms with van der Waals surface area (Å²) in [5.41, 5.74) is 5.53. The summed E-state index contributed by atoms with van der Waals surface area (Å²) in [6.45, 7) is 0. The zero-order valence-corrected chi connectivity index (χ0v) is 14.2. The van der Waals surface area contributed by atoms with Crippen LogP contribution in [0.3, 0.4) is 0 Å². The van der Waals surface area contributed by atoms with E-state index in [0.717, 1.165) is 0 Å². The third-order valence-corrected chi connectivity index (χ3v) is 2.61. The van der Waals surface area contributed by atoms with E-state index >= 15 is 0 Å². The van der Waals surface area contributed by atoms with Crippen LogP contribution in [0.1, 0.15) is 10.4 Å². The Morgan fingerprint density at radius 1 is 0.857 bits per heavy atom. The Morgan fingerprint density at radius 3 is 1.95 bits per heavy atom. The number of hydrogen-bond acceptors (Lipinski definition) is 1. The van der Waals surface area contributed by atoms with Crippen LogP contribution >= 0.6 is 0 Å². The minimum atomic E-state index is -0.379. The van der Waals surface area contributed by atoms with E-state index in [1.54, 1.807) is 24.3 Å². The summed E-state index contributed by atoms with van der Waals surface area (Å²) in [5.74, 6) is -0.379. The van der Waals surface area contributed by atoms with Gasteiger partial charge >= 0.3 is 21.7 Å². The number of nitrogens with two attached hydrogens (primary N) is 1. The van der Waals surface area contributed by atoms with Gasteiger partial charge in [-0.2, -0.15) is 17.5 Å². The number of amides is 1. The smallest absolute Gasteiger partial charge is 1.00 e. The Morgan fingerprint density at radius 2 is 1.43 bits per heavy atom. The molecule has 1 radical (unpaired) electrons. The van der Waals surface area contributed by atoms with E-state index in [1.807, 2.05) is 6.07 Å². The van der Waals surface area contributed by atoms with Crippen molar-refractivity contribution in [3.8, 4) is 0 Å². The van der Waals surface area contributed by atoms with Crippen molar-refractivity contribution in [1.82, 2.24) is 0 Å². The molecule has 3 aromatic rings. The van der Waals surface area contributed by atoms with Gasteiger partial charge < -0.3 is 30.5 Å². The predicted molar refractivity (Wildman–Crippen MR) is 74.5 cm³/mol. The fourth-order valence-corrected chi connectivity index (χ4v) is 1.67. The van der Waals surface area contributed by atoms with Crippen molar-refractivity contribution in [1.29, 1.82) is 0 Å². The van der Waals surface area contributed by atoms with Gasteiger partial charge in [0, 0.05) is 5.56 Å². The van der Waals surface area contributed by atoms with Gasteiger partial charge in [-0.05, 0) is 12.1 Å². The van der Waals surface area contributed by atoms with Crippen LogP contribution in [0.2, 0.25) is 0 Å². The Hall–Kier alpha value is -1.19. The molecule has 0 unspecified atom stereocenters. The molecule has 3 rings (SSSR count). The second-order valence-electron chi connectivity index (χ2n) is 3.88. The maximum atomic E-state index is 10.4. The monoisotopic (exact) mass is 354 g/mol. The SMILES string of the molecule is NC(=O)c1ccccc1.[Cl-].[Cl-].[Ti+3].c1ccc2[cH-]ccc2c1. The van der Waals surface area contributed by atoms with Crippen molar-refractivity contribution in [3.05, 3.63) is 78.4 Å². The standard InChI is InChI=1S/C9H7.C7H7NO.2ClH.Ti/c1-2-5-9-7-3-6-8(9)4-1;8-7(9)6-4-2-1-3-5-6;;;/h1-7H;1-5H,(H2,8,9);2*1H;/q-1;;;;+3/p-2. The molecular formula is C16H14Cl2NOTi. The van der Waals surface area contributed by atoms with Crippen LogP contribution in [0.4, 0.5) is 0 Å². The first kappa shape index (κ1) is 22.1. The molecule has 0 spiro atoms. The minimum absolute atomic E-state index is 0. The molecule has 1 amide bonds. The number of primary amides is 1. The first-order chi connectivity index (χ1) is 8.77. The van der Waals surface area contributed by atoms with Crippen molar-refractivity contribution in [2.75, 3.05) is 0 Å². The first-order valence-corrected chi connectivity index (χ1v) is 5.72. The normalized spacial score (nSPS) is 8.19. The van der Waals surface area contributed by atoms with Crippen molar-refractivity contribution >= 4 is 16.7 Å². The Bertz CT molecular complexity index is 611. The van der Waals surface area contributed by atoms with Crippen LogP contribution in [0, 0.1) is 0 Å². The van der Waals surface area contributed by atoms with Crippen LogP contribution in [0.15, 0.2) is 72.8 Å². The van der Waals surface area contributed by atoms with Crippen molar-refractivity contribution in [3.63, 3.8) is 0 Å². The van der Waals surface area contributed by atoms with Crippen molar-refractivity contribution < 1.29 is 51.3 Å². The summed E-state index contributed by atoms with van der Waals surface area (Å²) in [4.78, 5) is 10.4. The summed E-state index contributed by atoms with van der Waals surface area (Å²) >= 11 is 0. The molecule has 2 N–H and O–H groups in total. The van der Waals surface area contributed by atoms with Gasteiger partial charge in [-0.25, -0.2) is 0 Å². The number of rotatable bonds is 1. The molecule has 5 heteroatoms. The number of hydrogen-bond donors (Lipinski definition) is 1. The van der Waals surface area contributed by atoms with Gasteiger partial charge in [0.1, 0.15) is 0 Å². The maximum absolute atomic E-state index is 10.4. The average molecular weight is 355 g/mol. The molecule has 0 aromatic heterocycles. The van der Waals surface area contributed by atoms with Gasteiger partial charge in [-0.1, -0.05) is 24.3 Å². The van der Waals surface area contributed by atoms with Gasteiger partial charge in [0.25, 0.3) is 0 Å². The van der Waals surface area contributed by atoms with E-state index in [9.17, 15) is 4.79 Å². The second kappa shape index (κ2) is 11.5. The number of halogens is 2. The molecular weight excluding hydrogens is 341 g/mol. The van der Waals surface area contributed by atoms with Crippen molar-refractivity contribution in [2.24, 2.45) is 5.73 Å². The van der Waals surface area contributed by atoms with Crippen LogP contribution < -0.4 is 30.5 Å². The topological polar surface area (TPSA) is 43.1 Å². The maximum Gasteiger partial charge on any atom is 3.00 e. The summed E-state index contributed by atoms with van der Waals surface area (Å²) in [6.07, 6.45) is 0. The largest absolute Gasteiger partial charge is 3.00 e. The predicted octanol–water partition coefficient (Wildman–Crippen LogP) is -2.65. The molecule has 0 bridgehead atoms. The fourth-order valence-electron chi connectivity index (χ4n) is 1.67. The van der Waals surface area contributed by atoms with Gasteiger partial charge in [-0.3, -0.25) is 4.79 Å². The second-order valence-corrected chi connectivity index (χ2v) is 3.88. The third-order valence-electron chi connectivity index (χ3n) is 2.61. The molecule has 107 valence electrons. The van der Waals surface area contributed by atoms with E-state index in [2.05, 4.69) is 42.5 Å². The summed E-state index contributed by atoms with van der Waals surface area (Å²) in [6, 6.07) is 23.4. The summed E-state index contributed by atoms with van der Waals surface area (Å²) in [5, 5.41) is 2.66. The average Bonchev–Trinajstić information content (AvgIpc) is 2.89. The molecule has 0 atom stereocenters. The van der Waals surface area contributed by atoms with E-state index in [4.69, 9.17) is 5.73 Å². The summed E-state index contributed by atoms with van der Waals surface area (Å²) in [7, 11) is 0. The number of fused-ring (bicyclic) bond motifs is 1. The van der Waals surface area contributed by atoms with E-state index < -0.39 is 0 Å². The molecule has 0 heterocycles. The number of carbonyl (C=O) groups is 1. The van der Waals surface area contributed by atoms with E-state index in [1.165, 1.54) is 10.8 Å². The summed E-state index contributed by atoms with van der Waals surface area (Å²) < 4.78 is 0. The molecule has 21 heavy (non-hydrogen) atoms. The van der Waals surface area contributed by atoms with Crippen molar-refractivity contribution in [2.45, 2.75) is 0 Å². The molecule has 0 aliphatic rings. The zero-order chi connectivity index (χ0) is 12.8. The van der Waals surface area contributed by atoms with E-state index in [0.29, 0.717) is 5.56 Å².